The van der Waals surface area contributed by atoms with E-state index < -0.39 is 10.8 Å². The van der Waals surface area contributed by atoms with Gasteiger partial charge in [0.2, 0.25) is 0 Å². The molecule has 1 atom stereocenters. The topological polar surface area (TPSA) is 83.7 Å². The Hall–Kier alpha value is -2.74. The van der Waals surface area contributed by atoms with Gasteiger partial charge in [0.05, 0.1) is 10.8 Å². The summed E-state index contributed by atoms with van der Waals surface area (Å²) in [4.78, 5) is 5.39. The number of rotatable bonds is 7. The van der Waals surface area contributed by atoms with Crippen molar-refractivity contribution in [3.05, 3.63) is 60.6 Å². The number of aromatic nitrogens is 3. The van der Waals surface area contributed by atoms with Crippen molar-refractivity contribution in [1.29, 1.82) is 0 Å². The van der Waals surface area contributed by atoms with E-state index in [2.05, 4.69) is 25.8 Å². The average Bonchev–Trinajstić information content (AvgIpc) is 3.10. The second kappa shape index (κ2) is 9.10. The lowest BCUT2D eigenvalue weighted by Gasteiger charge is -2.11. The zero-order valence-corrected chi connectivity index (χ0v) is 15.4. The van der Waals surface area contributed by atoms with Crippen molar-refractivity contribution in [2.75, 3.05) is 18.8 Å². The molecule has 0 aliphatic heterocycles. The molecule has 0 spiro atoms. The van der Waals surface area contributed by atoms with Crippen LogP contribution in [-0.2, 0) is 17.3 Å². The smallest absolute Gasteiger partial charge is 0.191 e. The summed E-state index contributed by atoms with van der Waals surface area (Å²) in [5, 5.41) is 14.7. The van der Waals surface area contributed by atoms with Gasteiger partial charge in [0.1, 0.15) is 6.54 Å². The molecular formula is C18H22N6OS. The van der Waals surface area contributed by atoms with Crippen molar-refractivity contribution in [3.8, 4) is 0 Å². The fourth-order valence-electron chi connectivity index (χ4n) is 2.44. The van der Waals surface area contributed by atoms with Crippen molar-refractivity contribution in [2.24, 2.45) is 4.99 Å². The fraction of sp³-hybridized carbons (Fsp3) is 0.278. The SMILES string of the molecule is CCNC(=NCc1nnc2ccccn12)NCCS(=O)c1ccccc1. The molecule has 0 aliphatic rings. The lowest BCUT2D eigenvalue weighted by atomic mass is 10.4. The van der Waals surface area contributed by atoms with E-state index >= 15 is 0 Å². The first-order valence-electron chi connectivity index (χ1n) is 8.52. The van der Waals surface area contributed by atoms with Gasteiger partial charge in [0.15, 0.2) is 17.4 Å². The highest BCUT2D eigenvalue weighted by Gasteiger charge is 2.06. The number of fused-ring (bicyclic) bond motifs is 1. The molecule has 136 valence electrons. The van der Waals surface area contributed by atoms with Gasteiger partial charge < -0.3 is 10.6 Å². The number of hydrogen-bond donors (Lipinski definition) is 2. The van der Waals surface area contributed by atoms with Crippen LogP contribution in [0.3, 0.4) is 0 Å². The Morgan fingerprint density at radius 3 is 2.73 bits per heavy atom. The summed E-state index contributed by atoms with van der Waals surface area (Å²) in [7, 11) is -1.03. The number of hydrogen-bond acceptors (Lipinski definition) is 4. The number of benzene rings is 1. The van der Waals surface area contributed by atoms with E-state index in [0.717, 1.165) is 22.9 Å². The number of nitrogens with zero attached hydrogens (tertiary/aromatic N) is 4. The molecule has 7 nitrogen and oxygen atoms in total. The fourth-order valence-corrected chi connectivity index (χ4v) is 3.43. The molecule has 8 heteroatoms. The molecule has 0 radical (unpaired) electrons. The number of aliphatic imine (C=N–C) groups is 1. The zero-order valence-electron chi connectivity index (χ0n) is 14.6. The van der Waals surface area contributed by atoms with Crippen molar-refractivity contribution in [1.82, 2.24) is 25.2 Å². The van der Waals surface area contributed by atoms with Gasteiger partial charge in [-0.25, -0.2) is 4.99 Å². The Labute approximate surface area is 155 Å². The van der Waals surface area contributed by atoms with Crippen LogP contribution in [0.25, 0.3) is 5.65 Å². The third kappa shape index (κ3) is 4.66. The van der Waals surface area contributed by atoms with Crippen LogP contribution in [-0.4, -0.2) is 43.6 Å². The highest BCUT2D eigenvalue weighted by atomic mass is 32.2. The minimum Gasteiger partial charge on any atom is -0.357 e. The molecule has 26 heavy (non-hydrogen) atoms. The van der Waals surface area contributed by atoms with E-state index in [0.29, 0.717) is 24.8 Å². The van der Waals surface area contributed by atoms with Crippen LogP contribution in [0.4, 0.5) is 0 Å². The average molecular weight is 370 g/mol. The minimum atomic E-state index is -1.03. The van der Waals surface area contributed by atoms with Crippen molar-refractivity contribution in [3.63, 3.8) is 0 Å². The van der Waals surface area contributed by atoms with E-state index in [9.17, 15) is 4.21 Å². The minimum absolute atomic E-state index is 0.405. The third-order valence-corrected chi connectivity index (χ3v) is 5.07. The van der Waals surface area contributed by atoms with Gasteiger partial charge in [0, 0.05) is 29.9 Å². The van der Waals surface area contributed by atoms with Crippen molar-refractivity contribution < 1.29 is 4.21 Å². The zero-order chi connectivity index (χ0) is 18.2. The molecule has 1 unspecified atom stereocenters. The summed E-state index contributed by atoms with van der Waals surface area (Å²) in [6, 6.07) is 15.2. The van der Waals surface area contributed by atoms with Gasteiger partial charge >= 0.3 is 0 Å². The molecule has 2 heterocycles. The quantitative estimate of drug-likeness (QED) is 0.487. The Morgan fingerprint density at radius 1 is 1.12 bits per heavy atom. The molecule has 2 aromatic heterocycles. The second-order valence-electron chi connectivity index (χ2n) is 5.53. The number of nitrogens with one attached hydrogen (secondary N) is 2. The van der Waals surface area contributed by atoms with E-state index in [1.807, 2.05) is 66.1 Å². The Kier molecular flexibility index (Phi) is 6.32. The van der Waals surface area contributed by atoms with Gasteiger partial charge in [-0.05, 0) is 31.2 Å². The van der Waals surface area contributed by atoms with Crippen molar-refractivity contribution in [2.45, 2.75) is 18.4 Å². The largest absolute Gasteiger partial charge is 0.357 e. The molecule has 0 amide bonds. The van der Waals surface area contributed by atoms with Crippen LogP contribution in [0, 0.1) is 0 Å². The Balaban J connectivity index is 1.58. The van der Waals surface area contributed by atoms with Crippen LogP contribution in [0.2, 0.25) is 0 Å². The van der Waals surface area contributed by atoms with E-state index in [1.54, 1.807) is 0 Å². The Bertz CT molecular complexity index is 893. The predicted octanol–water partition coefficient (Wildman–Crippen LogP) is 1.59. The summed E-state index contributed by atoms with van der Waals surface area (Å²) in [5.41, 5.74) is 0.800. The maximum Gasteiger partial charge on any atom is 0.191 e. The van der Waals surface area contributed by atoms with Gasteiger partial charge in [-0.3, -0.25) is 8.61 Å². The van der Waals surface area contributed by atoms with Crippen LogP contribution >= 0.6 is 0 Å². The maximum absolute atomic E-state index is 12.3. The number of guanidine groups is 1. The third-order valence-electron chi connectivity index (χ3n) is 3.69. The Morgan fingerprint density at radius 2 is 1.92 bits per heavy atom. The summed E-state index contributed by atoms with van der Waals surface area (Å²) < 4.78 is 14.2. The molecule has 0 saturated heterocycles. The monoisotopic (exact) mass is 370 g/mol. The molecule has 0 aliphatic carbocycles. The standard InChI is InChI=1S/C18H22N6OS/c1-2-19-18(20-11-13-26(25)15-8-4-3-5-9-15)21-14-17-23-22-16-10-6-7-12-24(16)17/h3-10,12H,2,11,13-14H2,1H3,(H2,19,20,21). The lowest BCUT2D eigenvalue weighted by molar-refractivity contribution is 0.681. The summed E-state index contributed by atoms with van der Waals surface area (Å²) in [6.07, 6.45) is 1.92. The van der Waals surface area contributed by atoms with Gasteiger partial charge in [-0.15, -0.1) is 10.2 Å². The highest BCUT2D eigenvalue weighted by molar-refractivity contribution is 7.85. The maximum atomic E-state index is 12.3. The van der Waals surface area contributed by atoms with Gasteiger partial charge in [0.25, 0.3) is 0 Å². The van der Waals surface area contributed by atoms with E-state index in [1.165, 1.54) is 0 Å². The van der Waals surface area contributed by atoms with Crippen LogP contribution in [0.5, 0.6) is 0 Å². The van der Waals surface area contributed by atoms with E-state index in [4.69, 9.17) is 0 Å². The normalized spacial score (nSPS) is 12.9. The molecule has 3 aromatic rings. The van der Waals surface area contributed by atoms with Crippen LogP contribution in [0.15, 0.2) is 64.6 Å². The molecule has 3 rings (SSSR count). The van der Waals surface area contributed by atoms with Crippen molar-refractivity contribution >= 4 is 22.4 Å². The summed E-state index contributed by atoms with van der Waals surface area (Å²) in [5.74, 6) is 1.96. The predicted molar refractivity (Wildman–Crippen MR) is 104 cm³/mol. The van der Waals surface area contributed by atoms with Crippen LogP contribution in [0.1, 0.15) is 12.7 Å². The first kappa shape index (κ1) is 18.1. The molecule has 0 bridgehead atoms. The highest BCUT2D eigenvalue weighted by Crippen LogP contribution is 2.05. The molecule has 0 saturated carbocycles. The molecule has 2 N–H and O–H groups in total. The molecular weight excluding hydrogens is 348 g/mol. The second-order valence-corrected chi connectivity index (χ2v) is 7.10. The van der Waals surface area contributed by atoms with E-state index in [-0.39, 0.29) is 0 Å². The molecule has 0 fully saturated rings. The van der Waals surface area contributed by atoms with Gasteiger partial charge in [-0.1, -0.05) is 24.3 Å². The lowest BCUT2D eigenvalue weighted by Crippen LogP contribution is -2.39. The van der Waals surface area contributed by atoms with Crippen LogP contribution < -0.4 is 10.6 Å². The molecule has 1 aromatic carbocycles. The number of pyridine rings is 1. The summed E-state index contributed by atoms with van der Waals surface area (Å²) >= 11 is 0. The summed E-state index contributed by atoms with van der Waals surface area (Å²) in [6.45, 7) is 3.72. The van der Waals surface area contributed by atoms with Gasteiger partial charge in [-0.2, -0.15) is 0 Å². The first-order chi connectivity index (χ1) is 12.8. The first-order valence-corrected chi connectivity index (χ1v) is 9.84.